The molecule has 1 aliphatic rings. The zero-order valence-corrected chi connectivity index (χ0v) is 12.7. The summed E-state index contributed by atoms with van der Waals surface area (Å²) in [5, 5.41) is 3.76. The Balaban J connectivity index is 1.95. The van der Waals surface area contributed by atoms with Gasteiger partial charge in [-0.3, -0.25) is 0 Å². The Morgan fingerprint density at radius 1 is 1.11 bits per heavy atom. The molecule has 106 valence electrons. The van der Waals surface area contributed by atoms with Gasteiger partial charge in [0.05, 0.1) is 0 Å². The first-order chi connectivity index (χ1) is 9.08. The van der Waals surface area contributed by atoms with E-state index in [0.717, 1.165) is 19.1 Å². The first-order valence-electron chi connectivity index (χ1n) is 7.49. The summed E-state index contributed by atoms with van der Waals surface area (Å²) in [5.41, 5.74) is 4.14. The lowest BCUT2D eigenvalue weighted by atomic mass is 9.91. The van der Waals surface area contributed by atoms with E-state index in [9.17, 15) is 0 Å². The largest absolute Gasteiger partial charge is 0.381 e. The Morgan fingerprint density at radius 2 is 1.79 bits per heavy atom. The highest BCUT2D eigenvalue weighted by molar-refractivity contribution is 5.31. The molecule has 1 fully saturated rings. The van der Waals surface area contributed by atoms with E-state index in [1.165, 1.54) is 29.5 Å². The molecule has 1 aromatic rings. The first-order valence-corrected chi connectivity index (χ1v) is 7.49. The van der Waals surface area contributed by atoms with Gasteiger partial charge in [0.2, 0.25) is 0 Å². The van der Waals surface area contributed by atoms with Crippen molar-refractivity contribution in [3.8, 4) is 0 Å². The van der Waals surface area contributed by atoms with Gasteiger partial charge in [-0.1, -0.05) is 18.2 Å². The van der Waals surface area contributed by atoms with Gasteiger partial charge in [-0.2, -0.15) is 0 Å². The van der Waals surface area contributed by atoms with Crippen LogP contribution in [0, 0.1) is 19.8 Å². The quantitative estimate of drug-likeness (QED) is 0.891. The van der Waals surface area contributed by atoms with E-state index in [0.29, 0.717) is 12.1 Å². The highest BCUT2D eigenvalue weighted by Gasteiger charge is 2.21. The van der Waals surface area contributed by atoms with Crippen LogP contribution in [0.5, 0.6) is 0 Å². The standard InChI is InChI=1S/C17H27NO/c1-12-5-6-17(11-13(12)2)15(4)18-14(3)16-7-9-19-10-8-16/h5-6,11,14-16,18H,7-10H2,1-4H3. The lowest BCUT2D eigenvalue weighted by molar-refractivity contribution is 0.0547. The summed E-state index contributed by atoms with van der Waals surface area (Å²) in [6.07, 6.45) is 2.38. The number of aryl methyl sites for hydroxylation is 2. The van der Waals surface area contributed by atoms with E-state index in [4.69, 9.17) is 4.74 Å². The Morgan fingerprint density at radius 3 is 2.42 bits per heavy atom. The molecule has 0 spiro atoms. The van der Waals surface area contributed by atoms with E-state index in [1.54, 1.807) is 0 Å². The molecule has 0 aliphatic carbocycles. The zero-order chi connectivity index (χ0) is 13.8. The van der Waals surface area contributed by atoms with Crippen molar-refractivity contribution in [2.45, 2.75) is 52.6 Å². The second-order valence-corrected chi connectivity index (χ2v) is 5.97. The maximum Gasteiger partial charge on any atom is 0.0469 e. The zero-order valence-electron chi connectivity index (χ0n) is 12.7. The molecular formula is C17H27NO. The smallest absolute Gasteiger partial charge is 0.0469 e. The molecule has 2 heteroatoms. The van der Waals surface area contributed by atoms with Crippen molar-refractivity contribution < 1.29 is 4.74 Å². The Bertz CT molecular complexity index is 410. The predicted molar refractivity (Wildman–Crippen MR) is 80.5 cm³/mol. The van der Waals surface area contributed by atoms with Gasteiger partial charge in [0.1, 0.15) is 0 Å². The van der Waals surface area contributed by atoms with E-state index >= 15 is 0 Å². The van der Waals surface area contributed by atoms with Gasteiger partial charge < -0.3 is 10.1 Å². The summed E-state index contributed by atoms with van der Waals surface area (Å²) < 4.78 is 5.44. The Labute approximate surface area is 117 Å². The predicted octanol–water partition coefficient (Wildman–Crippen LogP) is 3.77. The van der Waals surface area contributed by atoms with Crippen LogP contribution in [-0.2, 0) is 4.74 Å². The average molecular weight is 261 g/mol. The number of ether oxygens (including phenoxy) is 1. The van der Waals surface area contributed by atoms with Crippen molar-refractivity contribution in [2.24, 2.45) is 5.92 Å². The molecule has 2 rings (SSSR count). The summed E-state index contributed by atoms with van der Waals surface area (Å²) >= 11 is 0. The van der Waals surface area contributed by atoms with Crippen molar-refractivity contribution in [1.82, 2.24) is 5.32 Å². The fourth-order valence-corrected chi connectivity index (χ4v) is 2.88. The number of benzene rings is 1. The number of rotatable bonds is 4. The van der Waals surface area contributed by atoms with Gasteiger partial charge in [0, 0.05) is 25.3 Å². The second kappa shape index (κ2) is 6.53. The third-order valence-electron chi connectivity index (χ3n) is 4.52. The average Bonchev–Trinajstić information content (AvgIpc) is 2.42. The van der Waals surface area contributed by atoms with Crippen molar-refractivity contribution in [3.05, 3.63) is 34.9 Å². The normalized spacial score (nSPS) is 20.2. The second-order valence-electron chi connectivity index (χ2n) is 5.97. The Kier molecular flexibility index (Phi) is 5.00. The summed E-state index contributed by atoms with van der Waals surface area (Å²) in [5.74, 6) is 0.753. The van der Waals surface area contributed by atoms with Gasteiger partial charge in [-0.25, -0.2) is 0 Å². The number of nitrogens with one attached hydrogen (secondary N) is 1. The highest BCUT2D eigenvalue weighted by Crippen LogP contribution is 2.22. The van der Waals surface area contributed by atoms with Crippen LogP contribution in [0.4, 0.5) is 0 Å². The van der Waals surface area contributed by atoms with Crippen LogP contribution in [0.25, 0.3) is 0 Å². The summed E-state index contributed by atoms with van der Waals surface area (Å²) in [6, 6.07) is 7.75. The number of hydrogen-bond acceptors (Lipinski definition) is 2. The summed E-state index contributed by atoms with van der Waals surface area (Å²) in [7, 11) is 0. The fourth-order valence-electron chi connectivity index (χ4n) is 2.88. The molecule has 1 aromatic carbocycles. The molecule has 0 aromatic heterocycles. The van der Waals surface area contributed by atoms with Gasteiger partial charge >= 0.3 is 0 Å². The van der Waals surface area contributed by atoms with E-state index < -0.39 is 0 Å². The van der Waals surface area contributed by atoms with Crippen LogP contribution in [0.1, 0.15) is 49.4 Å². The van der Waals surface area contributed by atoms with Crippen LogP contribution in [0.15, 0.2) is 18.2 Å². The van der Waals surface area contributed by atoms with Crippen LogP contribution in [0.2, 0.25) is 0 Å². The minimum Gasteiger partial charge on any atom is -0.381 e. The van der Waals surface area contributed by atoms with Crippen LogP contribution < -0.4 is 5.32 Å². The molecule has 1 N–H and O–H groups in total. The third kappa shape index (κ3) is 3.80. The van der Waals surface area contributed by atoms with E-state index in [2.05, 4.69) is 51.2 Å². The molecule has 2 unspecified atom stereocenters. The number of hydrogen-bond donors (Lipinski definition) is 1. The molecule has 0 bridgehead atoms. The van der Waals surface area contributed by atoms with Crippen LogP contribution in [0.3, 0.4) is 0 Å². The van der Waals surface area contributed by atoms with Crippen molar-refractivity contribution in [1.29, 1.82) is 0 Å². The molecule has 1 aliphatic heterocycles. The topological polar surface area (TPSA) is 21.3 Å². The molecule has 0 radical (unpaired) electrons. The minimum atomic E-state index is 0.414. The van der Waals surface area contributed by atoms with Gasteiger partial charge in [0.25, 0.3) is 0 Å². The molecule has 0 amide bonds. The molecule has 0 saturated carbocycles. The van der Waals surface area contributed by atoms with E-state index in [-0.39, 0.29) is 0 Å². The van der Waals surface area contributed by atoms with Crippen molar-refractivity contribution in [3.63, 3.8) is 0 Å². The lowest BCUT2D eigenvalue weighted by Gasteiger charge is -2.31. The SMILES string of the molecule is Cc1ccc(C(C)NC(C)C2CCOCC2)cc1C. The van der Waals surface area contributed by atoms with Crippen molar-refractivity contribution in [2.75, 3.05) is 13.2 Å². The summed E-state index contributed by atoms with van der Waals surface area (Å²) in [6.45, 7) is 10.8. The van der Waals surface area contributed by atoms with Crippen LogP contribution >= 0.6 is 0 Å². The maximum atomic E-state index is 5.44. The monoisotopic (exact) mass is 261 g/mol. The molecule has 2 nitrogen and oxygen atoms in total. The van der Waals surface area contributed by atoms with Gasteiger partial charge in [0.15, 0.2) is 0 Å². The van der Waals surface area contributed by atoms with E-state index in [1.807, 2.05) is 0 Å². The lowest BCUT2D eigenvalue weighted by Crippen LogP contribution is -2.38. The molecule has 1 saturated heterocycles. The molecule has 19 heavy (non-hydrogen) atoms. The summed E-state index contributed by atoms with van der Waals surface area (Å²) in [4.78, 5) is 0. The minimum absolute atomic E-state index is 0.414. The van der Waals surface area contributed by atoms with Gasteiger partial charge in [-0.05, 0) is 63.1 Å². The van der Waals surface area contributed by atoms with Gasteiger partial charge in [-0.15, -0.1) is 0 Å². The first kappa shape index (κ1) is 14.5. The molecule has 2 atom stereocenters. The van der Waals surface area contributed by atoms with Crippen LogP contribution in [-0.4, -0.2) is 19.3 Å². The maximum absolute atomic E-state index is 5.44. The molecular weight excluding hydrogens is 234 g/mol. The fraction of sp³-hybridized carbons (Fsp3) is 0.647. The van der Waals surface area contributed by atoms with Crippen molar-refractivity contribution >= 4 is 0 Å². The Hall–Kier alpha value is -0.860. The highest BCUT2D eigenvalue weighted by atomic mass is 16.5. The third-order valence-corrected chi connectivity index (χ3v) is 4.52. The molecule has 1 heterocycles.